The minimum Gasteiger partial charge on any atom is -0.393 e. The standard InChI is InChI=1S/C28H37NO3/c1-26-11-8-21(30)15-20(26)16-24(31)25-22(26)9-12-27(2)23(25)10-14-28(27,32)13-7-18-3-5-19(17-29)6-4-18/h3-6,16,21-25,30-32H,8-12,14-15,17,29H2,1-2H3/t21-,22?,23?,24-,25?,26-,27-,28-/m0/s1. The Labute approximate surface area is 191 Å². The fourth-order valence-corrected chi connectivity index (χ4v) is 7.75. The van der Waals surface area contributed by atoms with Crippen LogP contribution in [-0.2, 0) is 6.54 Å². The molecule has 0 bridgehead atoms. The Morgan fingerprint density at radius 1 is 1.00 bits per heavy atom. The molecule has 172 valence electrons. The van der Waals surface area contributed by atoms with E-state index in [0.29, 0.717) is 25.3 Å². The van der Waals surface area contributed by atoms with Crippen LogP contribution in [0.25, 0.3) is 0 Å². The van der Waals surface area contributed by atoms with E-state index in [1.807, 2.05) is 24.3 Å². The third kappa shape index (κ3) is 3.21. The van der Waals surface area contributed by atoms with Gasteiger partial charge in [0.15, 0.2) is 0 Å². The van der Waals surface area contributed by atoms with Gasteiger partial charge in [0.25, 0.3) is 0 Å². The number of benzene rings is 1. The summed E-state index contributed by atoms with van der Waals surface area (Å²) in [6, 6.07) is 7.92. The molecule has 8 atom stereocenters. The Kier molecular flexibility index (Phi) is 5.34. The van der Waals surface area contributed by atoms with Crippen molar-refractivity contribution < 1.29 is 15.3 Å². The van der Waals surface area contributed by atoms with Gasteiger partial charge in [-0.1, -0.05) is 49.5 Å². The maximum atomic E-state index is 11.8. The van der Waals surface area contributed by atoms with Crippen molar-refractivity contribution in [2.45, 2.75) is 83.1 Å². The van der Waals surface area contributed by atoms with Crippen LogP contribution in [-0.4, -0.2) is 33.1 Å². The minimum atomic E-state index is -1.04. The van der Waals surface area contributed by atoms with Crippen molar-refractivity contribution in [2.75, 3.05) is 0 Å². The molecule has 3 fully saturated rings. The predicted octanol–water partition coefficient (Wildman–Crippen LogP) is 3.52. The van der Waals surface area contributed by atoms with Gasteiger partial charge in [-0.2, -0.15) is 0 Å². The van der Waals surface area contributed by atoms with Crippen LogP contribution in [0.15, 0.2) is 35.9 Å². The van der Waals surface area contributed by atoms with Gasteiger partial charge in [-0.05, 0) is 85.8 Å². The summed E-state index contributed by atoms with van der Waals surface area (Å²) in [5, 5.41) is 33.2. The van der Waals surface area contributed by atoms with Crippen LogP contribution in [0.3, 0.4) is 0 Å². The van der Waals surface area contributed by atoms with Gasteiger partial charge < -0.3 is 21.1 Å². The number of rotatable bonds is 1. The van der Waals surface area contributed by atoms with Crippen LogP contribution >= 0.6 is 0 Å². The van der Waals surface area contributed by atoms with Gasteiger partial charge in [-0.25, -0.2) is 0 Å². The Morgan fingerprint density at radius 2 is 1.72 bits per heavy atom. The molecule has 3 saturated carbocycles. The molecule has 0 saturated heterocycles. The first kappa shape index (κ1) is 22.2. The highest BCUT2D eigenvalue weighted by Crippen LogP contribution is 2.67. The maximum Gasteiger partial charge on any atom is 0.131 e. The van der Waals surface area contributed by atoms with E-state index >= 15 is 0 Å². The monoisotopic (exact) mass is 435 g/mol. The number of nitrogens with two attached hydrogens (primary N) is 1. The fourth-order valence-electron chi connectivity index (χ4n) is 7.75. The SMILES string of the molecule is C[C@]12CC[C@H](O)CC1=C[C@H](O)C1C2CC[C@@]2(C)C1CC[C@@]2(O)C#Cc1ccc(CN)cc1. The Bertz CT molecular complexity index is 975. The van der Waals surface area contributed by atoms with Gasteiger partial charge >= 0.3 is 0 Å². The van der Waals surface area contributed by atoms with E-state index in [-0.39, 0.29) is 28.8 Å². The molecule has 0 heterocycles. The highest BCUT2D eigenvalue weighted by molar-refractivity contribution is 5.40. The zero-order valence-electron chi connectivity index (χ0n) is 19.3. The van der Waals surface area contributed by atoms with Crippen LogP contribution in [0.5, 0.6) is 0 Å². The molecule has 0 amide bonds. The second-order valence-corrected chi connectivity index (χ2v) is 11.3. The Balaban J connectivity index is 1.45. The average molecular weight is 436 g/mol. The van der Waals surface area contributed by atoms with Crippen LogP contribution in [0.4, 0.5) is 0 Å². The molecule has 0 spiro atoms. The first-order chi connectivity index (χ1) is 15.2. The average Bonchev–Trinajstić information content (AvgIpc) is 3.05. The molecule has 4 heteroatoms. The third-order valence-corrected chi connectivity index (χ3v) is 9.86. The second-order valence-electron chi connectivity index (χ2n) is 11.3. The molecule has 1 aromatic carbocycles. The Hall–Kier alpha value is -1.64. The lowest BCUT2D eigenvalue weighted by Gasteiger charge is -2.59. The Morgan fingerprint density at radius 3 is 2.44 bits per heavy atom. The topological polar surface area (TPSA) is 86.7 Å². The van der Waals surface area contributed by atoms with Crippen molar-refractivity contribution in [2.24, 2.45) is 34.3 Å². The molecule has 4 aliphatic rings. The van der Waals surface area contributed by atoms with E-state index in [4.69, 9.17) is 5.73 Å². The lowest BCUT2D eigenvalue weighted by Crippen LogP contribution is -2.57. The number of hydrogen-bond donors (Lipinski definition) is 4. The molecule has 3 unspecified atom stereocenters. The van der Waals surface area contributed by atoms with Gasteiger partial charge in [-0.15, -0.1) is 0 Å². The highest BCUT2D eigenvalue weighted by Gasteiger charge is 2.65. The van der Waals surface area contributed by atoms with Gasteiger partial charge in [0.1, 0.15) is 5.60 Å². The van der Waals surface area contributed by atoms with Gasteiger partial charge in [-0.3, -0.25) is 0 Å². The molecular weight excluding hydrogens is 398 g/mol. The van der Waals surface area contributed by atoms with E-state index in [9.17, 15) is 15.3 Å². The maximum absolute atomic E-state index is 11.8. The van der Waals surface area contributed by atoms with Gasteiger partial charge in [0.05, 0.1) is 12.2 Å². The fraction of sp³-hybridized carbons (Fsp3) is 0.643. The molecule has 4 nitrogen and oxygen atoms in total. The van der Waals surface area contributed by atoms with Crippen LogP contribution in [0.1, 0.15) is 69.9 Å². The van der Waals surface area contributed by atoms with Crippen molar-refractivity contribution in [3.05, 3.63) is 47.0 Å². The largest absolute Gasteiger partial charge is 0.393 e. The first-order valence-electron chi connectivity index (χ1n) is 12.3. The summed E-state index contributed by atoms with van der Waals surface area (Å²) < 4.78 is 0. The molecule has 0 aromatic heterocycles. The van der Waals surface area contributed by atoms with Crippen molar-refractivity contribution >= 4 is 0 Å². The van der Waals surface area contributed by atoms with E-state index in [1.165, 1.54) is 5.57 Å². The zero-order valence-corrected chi connectivity index (χ0v) is 19.3. The summed E-state index contributed by atoms with van der Waals surface area (Å²) in [4.78, 5) is 0. The van der Waals surface area contributed by atoms with Gasteiger partial charge in [0.2, 0.25) is 0 Å². The van der Waals surface area contributed by atoms with Crippen molar-refractivity contribution in [1.29, 1.82) is 0 Å². The molecule has 0 radical (unpaired) electrons. The highest BCUT2D eigenvalue weighted by atomic mass is 16.3. The number of hydrogen-bond acceptors (Lipinski definition) is 4. The van der Waals surface area contributed by atoms with Crippen molar-refractivity contribution in [3.8, 4) is 11.8 Å². The summed E-state index contributed by atoms with van der Waals surface area (Å²) >= 11 is 0. The summed E-state index contributed by atoms with van der Waals surface area (Å²) in [5.41, 5.74) is 7.61. The zero-order chi connectivity index (χ0) is 22.7. The minimum absolute atomic E-state index is 0.0571. The molecule has 5 N–H and O–H groups in total. The van der Waals surface area contributed by atoms with Crippen molar-refractivity contribution in [3.63, 3.8) is 0 Å². The molecule has 0 aliphatic heterocycles. The third-order valence-electron chi connectivity index (χ3n) is 9.86. The summed E-state index contributed by atoms with van der Waals surface area (Å²) in [7, 11) is 0. The smallest absolute Gasteiger partial charge is 0.131 e. The number of aliphatic hydroxyl groups excluding tert-OH is 2. The van der Waals surface area contributed by atoms with Crippen molar-refractivity contribution in [1.82, 2.24) is 0 Å². The van der Waals surface area contributed by atoms with Gasteiger partial charge in [0, 0.05) is 17.5 Å². The number of aliphatic hydroxyl groups is 3. The summed E-state index contributed by atoms with van der Waals surface area (Å²) in [6.45, 7) is 5.06. The van der Waals surface area contributed by atoms with E-state index < -0.39 is 11.7 Å². The quantitative estimate of drug-likeness (QED) is 0.402. The summed E-state index contributed by atoms with van der Waals surface area (Å²) in [6.07, 6.45) is 7.26. The second kappa shape index (κ2) is 7.71. The lowest BCUT2D eigenvalue weighted by atomic mass is 9.46. The molecule has 32 heavy (non-hydrogen) atoms. The molecule has 4 aliphatic carbocycles. The van der Waals surface area contributed by atoms with Crippen LogP contribution in [0, 0.1) is 40.4 Å². The van der Waals surface area contributed by atoms with E-state index in [2.05, 4.69) is 31.8 Å². The number of fused-ring (bicyclic) bond motifs is 5. The van der Waals surface area contributed by atoms with Crippen LogP contribution < -0.4 is 5.73 Å². The first-order valence-corrected chi connectivity index (χ1v) is 12.3. The molecule has 1 aromatic rings. The van der Waals surface area contributed by atoms with Crippen LogP contribution in [0.2, 0.25) is 0 Å². The normalized spacial score (nSPS) is 45.1. The van der Waals surface area contributed by atoms with E-state index in [1.54, 1.807) is 0 Å². The summed E-state index contributed by atoms with van der Waals surface area (Å²) in [5.74, 6) is 7.31. The van der Waals surface area contributed by atoms with E-state index in [0.717, 1.165) is 43.2 Å². The molecule has 5 rings (SSSR count). The molecular formula is C28H37NO3. The predicted molar refractivity (Wildman–Crippen MR) is 125 cm³/mol. The lowest BCUT2D eigenvalue weighted by molar-refractivity contribution is -0.123.